The number of aromatic nitrogens is 3. The normalized spacial score (nSPS) is 10.3. The predicted octanol–water partition coefficient (Wildman–Crippen LogP) is -1.34. The number of halogens is 3. The van der Waals surface area contributed by atoms with E-state index in [1.54, 1.807) is 6.92 Å². The van der Waals surface area contributed by atoms with E-state index in [9.17, 15) is 28.3 Å². The van der Waals surface area contributed by atoms with E-state index in [1.807, 2.05) is 0 Å². The number of hydrogen-bond acceptors (Lipinski definition) is 7. The van der Waals surface area contributed by atoms with E-state index in [1.165, 1.54) is 6.07 Å². The Morgan fingerprint density at radius 2 is 1.87 bits per heavy atom. The molecular weight excluding hydrogens is 467 g/mol. The topological polar surface area (TPSA) is 140 Å². The Bertz CT molecular complexity index is 1170. The molecular formula is C17H11ClF2N5NaO4S. The van der Waals surface area contributed by atoms with Crippen LogP contribution < -0.4 is 45.3 Å². The van der Waals surface area contributed by atoms with Gasteiger partial charge in [0.05, 0.1) is 22.8 Å². The number of aromatic amines is 1. The number of nitrogens with one attached hydrogen (secondary N) is 3. The van der Waals surface area contributed by atoms with E-state index in [2.05, 4.69) is 25.8 Å². The van der Waals surface area contributed by atoms with E-state index in [4.69, 9.17) is 11.6 Å². The molecule has 156 valence electrons. The van der Waals surface area contributed by atoms with Crippen molar-refractivity contribution in [2.75, 3.05) is 5.32 Å². The maximum Gasteiger partial charge on any atom is 1.00 e. The van der Waals surface area contributed by atoms with Crippen LogP contribution in [0.3, 0.4) is 0 Å². The van der Waals surface area contributed by atoms with Gasteiger partial charge in [0, 0.05) is 10.9 Å². The number of benzene rings is 1. The van der Waals surface area contributed by atoms with Crippen molar-refractivity contribution >= 4 is 46.5 Å². The molecule has 0 radical (unpaired) electrons. The fourth-order valence-electron chi connectivity index (χ4n) is 2.32. The number of thiazole rings is 1. The molecule has 0 aliphatic carbocycles. The summed E-state index contributed by atoms with van der Waals surface area (Å²) in [6, 6.07) is 2.53. The molecule has 0 atom stereocenters. The number of aromatic carboxylic acids is 1. The second-order valence-corrected chi connectivity index (χ2v) is 7.36. The second kappa shape index (κ2) is 10.3. The zero-order valence-corrected chi connectivity index (χ0v) is 19.6. The SMILES string of the molecule is Cc1nc(C(=O)[O-])sc1CNC(=O)c1cc(NC(=O)c2cc(F)c(F)cc2Cl)n[nH]1.[Na+]. The number of aryl methyl sites for hydroxylation is 1. The van der Waals surface area contributed by atoms with Crippen molar-refractivity contribution in [1.29, 1.82) is 0 Å². The average molecular weight is 478 g/mol. The first-order valence-corrected chi connectivity index (χ1v) is 9.32. The number of amides is 2. The molecule has 0 fully saturated rings. The standard InChI is InChI=1S/C17H12ClF2N5O4S.Na/c1-6-12(30-16(22-6)17(28)29)5-21-15(27)11-4-13(25-24-11)23-14(26)7-2-9(19)10(20)3-8(7)18;/h2-4H,5H2,1H3,(H,21,27)(H,28,29)(H2,23,24,25,26);/q;+1/p-1. The van der Waals surface area contributed by atoms with Crippen molar-refractivity contribution in [3.8, 4) is 0 Å². The van der Waals surface area contributed by atoms with E-state index in [-0.39, 0.29) is 63.2 Å². The summed E-state index contributed by atoms with van der Waals surface area (Å²) in [5.41, 5.74) is 0.124. The molecule has 0 unspecified atom stereocenters. The summed E-state index contributed by atoms with van der Waals surface area (Å²) in [5.74, 6) is -5.34. The third-order valence-electron chi connectivity index (χ3n) is 3.80. The van der Waals surface area contributed by atoms with Crippen molar-refractivity contribution in [2.45, 2.75) is 13.5 Å². The summed E-state index contributed by atoms with van der Waals surface area (Å²) in [4.78, 5) is 39.6. The summed E-state index contributed by atoms with van der Waals surface area (Å²) in [6.07, 6.45) is 0. The van der Waals surface area contributed by atoms with E-state index in [0.717, 1.165) is 11.3 Å². The Kier molecular flexibility index (Phi) is 8.26. The van der Waals surface area contributed by atoms with Gasteiger partial charge in [0.25, 0.3) is 11.8 Å². The second-order valence-electron chi connectivity index (χ2n) is 5.86. The van der Waals surface area contributed by atoms with Crippen LogP contribution in [0.25, 0.3) is 0 Å². The van der Waals surface area contributed by atoms with Crippen molar-refractivity contribution in [3.05, 3.63) is 61.7 Å². The van der Waals surface area contributed by atoms with Gasteiger partial charge in [-0.05, 0) is 19.1 Å². The van der Waals surface area contributed by atoms with Gasteiger partial charge < -0.3 is 20.5 Å². The van der Waals surface area contributed by atoms with Crippen LogP contribution in [0.15, 0.2) is 18.2 Å². The first-order chi connectivity index (χ1) is 14.2. The number of anilines is 1. The number of hydrogen-bond donors (Lipinski definition) is 3. The van der Waals surface area contributed by atoms with Crippen LogP contribution in [0.5, 0.6) is 0 Å². The first kappa shape index (κ1) is 24.9. The first-order valence-electron chi connectivity index (χ1n) is 8.13. The number of carbonyl (C=O) groups is 3. The van der Waals surface area contributed by atoms with Crippen LogP contribution in [-0.2, 0) is 6.54 Å². The molecule has 31 heavy (non-hydrogen) atoms. The molecule has 14 heteroatoms. The van der Waals surface area contributed by atoms with Gasteiger partial charge in [-0.15, -0.1) is 11.3 Å². The number of carbonyl (C=O) groups excluding carboxylic acids is 3. The third-order valence-corrected chi connectivity index (χ3v) is 5.25. The number of H-pyrrole nitrogens is 1. The van der Waals surface area contributed by atoms with Gasteiger partial charge in [0.15, 0.2) is 17.5 Å². The van der Waals surface area contributed by atoms with Gasteiger partial charge in [-0.25, -0.2) is 13.8 Å². The number of carboxylic acids is 1. The van der Waals surface area contributed by atoms with Gasteiger partial charge in [0.1, 0.15) is 16.7 Å². The Morgan fingerprint density at radius 1 is 1.19 bits per heavy atom. The fourth-order valence-corrected chi connectivity index (χ4v) is 3.39. The molecule has 0 aliphatic rings. The van der Waals surface area contributed by atoms with Gasteiger partial charge in [-0.1, -0.05) is 11.6 Å². The van der Waals surface area contributed by atoms with Crippen LogP contribution in [0, 0.1) is 18.6 Å². The smallest absolute Gasteiger partial charge is 0.542 e. The van der Waals surface area contributed by atoms with Crippen LogP contribution in [0.2, 0.25) is 5.02 Å². The fraction of sp³-hybridized carbons (Fsp3) is 0.118. The van der Waals surface area contributed by atoms with Gasteiger partial charge in [-0.2, -0.15) is 5.10 Å². The minimum absolute atomic E-state index is 0. The molecule has 3 rings (SSSR count). The molecule has 0 spiro atoms. The van der Waals surface area contributed by atoms with Crippen molar-refractivity contribution in [2.24, 2.45) is 0 Å². The number of rotatable bonds is 6. The Morgan fingerprint density at radius 3 is 2.52 bits per heavy atom. The quantitative estimate of drug-likeness (QED) is 0.296. The Balaban J connectivity index is 0.00000341. The molecule has 3 aromatic rings. The van der Waals surface area contributed by atoms with E-state index >= 15 is 0 Å². The molecule has 1 aromatic carbocycles. The van der Waals surface area contributed by atoms with Gasteiger partial charge >= 0.3 is 29.6 Å². The largest absolute Gasteiger partial charge is 1.00 e. The minimum atomic E-state index is -1.41. The van der Waals surface area contributed by atoms with Gasteiger partial charge in [-0.3, -0.25) is 14.7 Å². The van der Waals surface area contributed by atoms with Crippen molar-refractivity contribution < 1.29 is 57.8 Å². The predicted molar refractivity (Wildman–Crippen MR) is 100 cm³/mol. The molecule has 2 amide bonds. The molecule has 3 N–H and O–H groups in total. The zero-order valence-electron chi connectivity index (χ0n) is 16.0. The monoisotopic (exact) mass is 477 g/mol. The van der Waals surface area contributed by atoms with E-state index < -0.39 is 29.4 Å². The molecule has 9 nitrogen and oxygen atoms in total. The molecule has 0 aliphatic heterocycles. The molecule has 0 bridgehead atoms. The zero-order chi connectivity index (χ0) is 22.0. The maximum absolute atomic E-state index is 13.3. The maximum atomic E-state index is 13.3. The van der Waals surface area contributed by atoms with Crippen LogP contribution in [0.1, 0.15) is 41.2 Å². The summed E-state index contributed by atoms with van der Waals surface area (Å²) < 4.78 is 26.5. The average Bonchev–Trinajstić information content (AvgIpc) is 3.29. The summed E-state index contributed by atoms with van der Waals surface area (Å²) in [7, 11) is 0. The van der Waals surface area contributed by atoms with Crippen LogP contribution >= 0.6 is 22.9 Å². The Hall–Kier alpha value is -2.38. The van der Waals surface area contributed by atoms with E-state index in [0.29, 0.717) is 22.7 Å². The number of carboxylic acid groups (broad SMARTS) is 1. The summed E-state index contributed by atoms with van der Waals surface area (Å²) in [5, 5.41) is 21.4. The molecule has 0 saturated heterocycles. The Labute approximate surface area is 204 Å². The van der Waals surface area contributed by atoms with Gasteiger partial charge in [0.2, 0.25) is 0 Å². The molecule has 2 heterocycles. The summed E-state index contributed by atoms with van der Waals surface area (Å²) in [6.45, 7) is 1.61. The number of nitrogens with zero attached hydrogens (tertiary/aromatic N) is 2. The minimum Gasteiger partial charge on any atom is -0.542 e. The van der Waals surface area contributed by atoms with Crippen molar-refractivity contribution in [1.82, 2.24) is 20.5 Å². The van der Waals surface area contributed by atoms with Crippen LogP contribution in [-0.4, -0.2) is 33.0 Å². The molecule has 0 saturated carbocycles. The van der Waals surface area contributed by atoms with Crippen molar-refractivity contribution in [3.63, 3.8) is 0 Å². The summed E-state index contributed by atoms with van der Waals surface area (Å²) >= 11 is 6.63. The third kappa shape index (κ3) is 5.86. The van der Waals surface area contributed by atoms with Crippen LogP contribution in [0.4, 0.5) is 14.6 Å². The molecule has 2 aromatic heterocycles.